The van der Waals surface area contributed by atoms with Crippen LogP contribution in [0, 0.1) is 0 Å². The summed E-state index contributed by atoms with van der Waals surface area (Å²) in [6.45, 7) is 5.52. The molecule has 1 aromatic rings. The van der Waals surface area contributed by atoms with Crippen LogP contribution in [0.15, 0.2) is 24.8 Å². The van der Waals surface area contributed by atoms with Gasteiger partial charge in [0.25, 0.3) is 0 Å². The molecule has 14 heavy (non-hydrogen) atoms. The first-order valence-electron chi connectivity index (χ1n) is 4.37. The van der Waals surface area contributed by atoms with Crippen molar-refractivity contribution in [2.24, 2.45) is 5.73 Å². The van der Waals surface area contributed by atoms with Gasteiger partial charge in [0.15, 0.2) is 0 Å². The highest BCUT2D eigenvalue weighted by atomic mass is 16.4. The number of aromatic carboxylic acids is 1. The molecule has 3 N–H and O–H groups in total. The molecule has 0 aliphatic carbocycles. The Bertz CT molecular complexity index is 351. The van der Waals surface area contributed by atoms with Gasteiger partial charge in [-0.2, -0.15) is 0 Å². The molecule has 0 unspecified atom stereocenters. The zero-order valence-electron chi connectivity index (χ0n) is 8.08. The van der Waals surface area contributed by atoms with Gasteiger partial charge in [-0.15, -0.1) is 0 Å². The van der Waals surface area contributed by atoms with Crippen LogP contribution in [0.1, 0.15) is 28.4 Å². The van der Waals surface area contributed by atoms with Crippen LogP contribution in [-0.4, -0.2) is 11.1 Å². The van der Waals surface area contributed by atoms with Crippen LogP contribution in [0.4, 0.5) is 0 Å². The summed E-state index contributed by atoms with van der Waals surface area (Å²) in [5, 5.41) is 8.93. The van der Waals surface area contributed by atoms with E-state index in [1.165, 1.54) is 0 Å². The van der Waals surface area contributed by atoms with Crippen LogP contribution in [0.2, 0.25) is 0 Å². The van der Waals surface area contributed by atoms with Crippen molar-refractivity contribution >= 4 is 11.7 Å². The average molecular weight is 191 g/mol. The van der Waals surface area contributed by atoms with Gasteiger partial charge < -0.3 is 10.8 Å². The second-order valence-electron chi connectivity index (χ2n) is 3.02. The van der Waals surface area contributed by atoms with E-state index in [2.05, 4.69) is 6.58 Å². The molecule has 0 saturated heterocycles. The molecule has 0 amide bonds. The maximum atomic E-state index is 10.9. The first-order chi connectivity index (χ1) is 6.57. The molecular weight excluding hydrogens is 178 g/mol. The van der Waals surface area contributed by atoms with Crippen LogP contribution in [-0.2, 0) is 6.42 Å². The Balaban J connectivity index is 3.39. The van der Waals surface area contributed by atoms with Crippen molar-refractivity contribution in [3.05, 3.63) is 41.5 Å². The summed E-state index contributed by atoms with van der Waals surface area (Å²) >= 11 is 0. The second kappa shape index (κ2) is 3.96. The van der Waals surface area contributed by atoms with Gasteiger partial charge in [0, 0.05) is 11.3 Å². The molecule has 3 heteroatoms. The van der Waals surface area contributed by atoms with Gasteiger partial charge in [-0.25, -0.2) is 4.79 Å². The van der Waals surface area contributed by atoms with Gasteiger partial charge in [-0.1, -0.05) is 25.6 Å². The largest absolute Gasteiger partial charge is 0.478 e. The molecule has 74 valence electrons. The highest BCUT2D eigenvalue weighted by molar-refractivity contribution is 5.91. The first kappa shape index (κ1) is 10.3. The van der Waals surface area contributed by atoms with E-state index in [1.54, 1.807) is 18.2 Å². The molecule has 0 aliphatic rings. The summed E-state index contributed by atoms with van der Waals surface area (Å²) in [6.07, 6.45) is 0.633. The Labute approximate surface area is 82.9 Å². The number of nitrogens with two attached hydrogens (primary N) is 1. The topological polar surface area (TPSA) is 63.3 Å². The Hall–Kier alpha value is -1.77. The van der Waals surface area contributed by atoms with E-state index < -0.39 is 5.97 Å². The molecule has 1 aromatic carbocycles. The fourth-order valence-corrected chi connectivity index (χ4v) is 1.47. The van der Waals surface area contributed by atoms with Crippen LogP contribution in [0.25, 0.3) is 5.70 Å². The normalized spacial score (nSPS) is 9.79. The molecule has 1 rings (SSSR count). The van der Waals surface area contributed by atoms with Gasteiger partial charge >= 0.3 is 5.97 Å². The summed E-state index contributed by atoms with van der Waals surface area (Å²) in [7, 11) is 0. The highest BCUT2D eigenvalue weighted by Gasteiger charge is 2.12. The molecule has 0 aromatic heterocycles. The van der Waals surface area contributed by atoms with E-state index in [4.69, 9.17) is 10.8 Å². The number of rotatable bonds is 3. The smallest absolute Gasteiger partial charge is 0.335 e. The molecule has 0 heterocycles. The molecule has 0 aliphatic heterocycles. The van der Waals surface area contributed by atoms with Gasteiger partial charge in [0.2, 0.25) is 0 Å². The SMILES string of the molecule is C=C(N)c1cccc(C(=O)O)c1CC. The minimum absolute atomic E-state index is 0.302. The van der Waals surface area contributed by atoms with Crippen LogP contribution in [0.3, 0.4) is 0 Å². The minimum atomic E-state index is -0.926. The van der Waals surface area contributed by atoms with Crippen LogP contribution >= 0.6 is 0 Å². The van der Waals surface area contributed by atoms with Gasteiger partial charge in [0.1, 0.15) is 0 Å². The fourth-order valence-electron chi connectivity index (χ4n) is 1.47. The van der Waals surface area contributed by atoms with E-state index in [1.807, 2.05) is 6.92 Å². The third-order valence-corrected chi connectivity index (χ3v) is 2.11. The van der Waals surface area contributed by atoms with Crippen molar-refractivity contribution in [1.82, 2.24) is 0 Å². The molecule has 0 radical (unpaired) electrons. The third-order valence-electron chi connectivity index (χ3n) is 2.11. The van der Waals surface area contributed by atoms with E-state index in [-0.39, 0.29) is 0 Å². The van der Waals surface area contributed by atoms with Gasteiger partial charge in [-0.05, 0) is 18.1 Å². The molecule has 0 atom stereocenters. The predicted octanol–water partition coefficient (Wildman–Crippen LogP) is 1.88. The fraction of sp³-hybridized carbons (Fsp3) is 0.182. The number of carboxylic acids is 1. The number of carbonyl (C=O) groups is 1. The number of carboxylic acid groups (broad SMARTS) is 1. The minimum Gasteiger partial charge on any atom is -0.478 e. The van der Waals surface area contributed by atoms with E-state index >= 15 is 0 Å². The van der Waals surface area contributed by atoms with Gasteiger partial charge in [-0.3, -0.25) is 0 Å². The lowest BCUT2D eigenvalue weighted by molar-refractivity contribution is 0.0695. The molecular formula is C11H13NO2. The maximum absolute atomic E-state index is 10.9. The summed E-state index contributed by atoms with van der Waals surface area (Å²) in [6, 6.07) is 5.04. The first-order valence-corrected chi connectivity index (χ1v) is 4.37. The van der Waals surface area contributed by atoms with E-state index in [0.717, 1.165) is 11.1 Å². The van der Waals surface area contributed by atoms with Crippen molar-refractivity contribution in [3.8, 4) is 0 Å². The number of hydrogen-bond acceptors (Lipinski definition) is 2. The van der Waals surface area contributed by atoms with Crippen LogP contribution in [0.5, 0.6) is 0 Å². The maximum Gasteiger partial charge on any atom is 0.335 e. The van der Waals surface area contributed by atoms with Crippen molar-refractivity contribution in [2.75, 3.05) is 0 Å². The summed E-state index contributed by atoms with van der Waals surface area (Å²) in [4.78, 5) is 10.9. The molecule has 0 bridgehead atoms. The monoisotopic (exact) mass is 191 g/mol. The van der Waals surface area contributed by atoms with E-state index in [9.17, 15) is 4.79 Å². The average Bonchev–Trinajstić information content (AvgIpc) is 2.16. The number of benzene rings is 1. The molecule has 0 saturated carbocycles. The van der Waals surface area contributed by atoms with Crippen molar-refractivity contribution in [2.45, 2.75) is 13.3 Å². The van der Waals surface area contributed by atoms with Gasteiger partial charge in [0.05, 0.1) is 5.56 Å². The third kappa shape index (κ3) is 1.76. The Kier molecular flexibility index (Phi) is 2.92. The highest BCUT2D eigenvalue weighted by Crippen LogP contribution is 2.19. The molecule has 3 nitrogen and oxygen atoms in total. The lowest BCUT2D eigenvalue weighted by Crippen LogP contribution is -2.07. The Morgan fingerprint density at radius 2 is 2.07 bits per heavy atom. The molecule has 0 fully saturated rings. The Morgan fingerprint density at radius 3 is 2.50 bits per heavy atom. The lowest BCUT2D eigenvalue weighted by Gasteiger charge is -2.09. The lowest BCUT2D eigenvalue weighted by atomic mass is 9.97. The van der Waals surface area contributed by atoms with Crippen LogP contribution < -0.4 is 5.73 Å². The quantitative estimate of drug-likeness (QED) is 0.766. The zero-order valence-corrected chi connectivity index (χ0v) is 8.08. The summed E-state index contributed by atoms with van der Waals surface area (Å²) in [5.41, 5.74) is 7.75. The predicted molar refractivity (Wildman–Crippen MR) is 56.0 cm³/mol. The molecule has 0 spiro atoms. The van der Waals surface area contributed by atoms with Crippen molar-refractivity contribution in [3.63, 3.8) is 0 Å². The number of hydrogen-bond donors (Lipinski definition) is 2. The van der Waals surface area contributed by atoms with E-state index in [0.29, 0.717) is 17.7 Å². The summed E-state index contributed by atoms with van der Waals surface area (Å²) < 4.78 is 0. The summed E-state index contributed by atoms with van der Waals surface area (Å²) in [5.74, 6) is -0.926. The standard InChI is InChI=1S/C11H13NO2/c1-3-8-9(7(2)12)5-4-6-10(8)11(13)14/h4-6H,2-3,12H2,1H3,(H,13,14). The van der Waals surface area contributed by atoms with Crippen molar-refractivity contribution < 1.29 is 9.90 Å². The zero-order chi connectivity index (χ0) is 10.7. The second-order valence-corrected chi connectivity index (χ2v) is 3.02. The Morgan fingerprint density at radius 1 is 1.50 bits per heavy atom. The van der Waals surface area contributed by atoms with Crippen molar-refractivity contribution in [1.29, 1.82) is 0 Å².